The summed E-state index contributed by atoms with van der Waals surface area (Å²) in [5.74, 6) is 1.27. The number of aromatic nitrogens is 3. The van der Waals surface area contributed by atoms with Gasteiger partial charge in [0.2, 0.25) is 0 Å². The molecular formula is C17H19N3O4. The van der Waals surface area contributed by atoms with Gasteiger partial charge in [-0.15, -0.1) is 0 Å². The summed E-state index contributed by atoms with van der Waals surface area (Å²) < 4.78 is 12.3. The highest BCUT2D eigenvalue weighted by Gasteiger charge is 2.12. The molecule has 24 heavy (non-hydrogen) atoms. The Morgan fingerprint density at radius 3 is 2.96 bits per heavy atom. The molecule has 0 aliphatic carbocycles. The lowest BCUT2D eigenvalue weighted by Crippen LogP contribution is -2.14. The molecule has 0 radical (unpaired) electrons. The second kappa shape index (κ2) is 7.29. The Hall–Kier alpha value is -2.64. The van der Waals surface area contributed by atoms with E-state index in [1.54, 1.807) is 25.6 Å². The van der Waals surface area contributed by atoms with Crippen LogP contribution < -0.4 is 10.3 Å². The van der Waals surface area contributed by atoms with Gasteiger partial charge in [0.25, 0.3) is 5.56 Å². The van der Waals surface area contributed by atoms with E-state index in [0.29, 0.717) is 42.4 Å². The third kappa shape index (κ3) is 3.32. The summed E-state index contributed by atoms with van der Waals surface area (Å²) in [7, 11) is 1.59. The summed E-state index contributed by atoms with van der Waals surface area (Å²) >= 11 is 0. The topological polar surface area (TPSA) is 89.4 Å². The quantitative estimate of drug-likeness (QED) is 0.640. The van der Waals surface area contributed by atoms with Crippen molar-refractivity contribution in [3.05, 3.63) is 47.0 Å². The number of H-pyrrole nitrogens is 1. The molecule has 3 rings (SSSR count). The fourth-order valence-electron chi connectivity index (χ4n) is 2.54. The van der Waals surface area contributed by atoms with Crippen LogP contribution in [0, 0.1) is 0 Å². The number of aliphatic hydroxyl groups excluding tert-OH is 1. The van der Waals surface area contributed by atoms with Gasteiger partial charge in [0.15, 0.2) is 0 Å². The Labute approximate surface area is 138 Å². The molecule has 7 nitrogen and oxygen atoms in total. The van der Waals surface area contributed by atoms with Crippen molar-refractivity contribution in [3.8, 4) is 17.1 Å². The fraction of sp³-hybridized carbons (Fsp3) is 0.294. The standard InChI is InChI=1S/C17H19N3O4/c1-23-13-3-2-12-10-14(17(22)19-15(12)11-13)16-18-4-5-20(16)6-8-24-9-7-21/h2-5,10-11,21H,6-9H2,1H3,(H,19,22). The Kier molecular flexibility index (Phi) is 4.93. The highest BCUT2D eigenvalue weighted by atomic mass is 16.5. The van der Waals surface area contributed by atoms with Crippen molar-refractivity contribution in [2.75, 3.05) is 26.9 Å². The van der Waals surface area contributed by atoms with Crippen LogP contribution in [0.3, 0.4) is 0 Å². The van der Waals surface area contributed by atoms with Gasteiger partial charge in [0.05, 0.1) is 38.0 Å². The van der Waals surface area contributed by atoms with Crippen molar-refractivity contribution in [1.82, 2.24) is 14.5 Å². The predicted octanol–water partition coefficient (Wildman–Crippen LogP) is 1.41. The average Bonchev–Trinajstić information content (AvgIpc) is 3.05. The number of nitrogens with one attached hydrogen (secondary N) is 1. The molecule has 0 atom stereocenters. The highest BCUT2D eigenvalue weighted by Crippen LogP contribution is 2.22. The number of pyridine rings is 1. The van der Waals surface area contributed by atoms with E-state index in [1.807, 2.05) is 22.8 Å². The minimum absolute atomic E-state index is 0.00933. The first-order chi connectivity index (χ1) is 11.7. The van der Waals surface area contributed by atoms with Gasteiger partial charge in [0.1, 0.15) is 11.6 Å². The largest absolute Gasteiger partial charge is 0.497 e. The van der Waals surface area contributed by atoms with Gasteiger partial charge in [-0.2, -0.15) is 0 Å². The molecule has 3 aromatic rings. The first kappa shape index (κ1) is 16.2. The maximum atomic E-state index is 12.4. The molecule has 126 valence electrons. The van der Waals surface area contributed by atoms with Gasteiger partial charge in [-0.25, -0.2) is 4.98 Å². The first-order valence-corrected chi connectivity index (χ1v) is 7.64. The third-order valence-corrected chi connectivity index (χ3v) is 3.72. The van der Waals surface area contributed by atoms with E-state index in [4.69, 9.17) is 14.6 Å². The van der Waals surface area contributed by atoms with Gasteiger partial charge in [0, 0.05) is 25.0 Å². The van der Waals surface area contributed by atoms with Gasteiger partial charge < -0.3 is 24.1 Å². The van der Waals surface area contributed by atoms with Crippen LogP contribution in [0.4, 0.5) is 0 Å². The lowest BCUT2D eigenvalue weighted by atomic mass is 10.1. The SMILES string of the molecule is COc1ccc2cc(-c3nccn3CCOCCO)c(=O)[nH]c2c1. The second-order valence-electron chi connectivity index (χ2n) is 5.25. The molecule has 2 aromatic heterocycles. The zero-order valence-corrected chi connectivity index (χ0v) is 13.4. The van der Waals surface area contributed by atoms with Crippen LogP contribution in [0.1, 0.15) is 0 Å². The first-order valence-electron chi connectivity index (χ1n) is 7.64. The molecule has 0 aliphatic rings. The Morgan fingerprint density at radius 2 is 2.17 bits per heavy atom. The van der Waals surface area contributed by atoms with Crippen LogP contribution in [0.15, 0.2) is 41.5 Å². The maximum absolute atomic E-state index is 12.4. The third-order valence-electron chi connectivity index (χ3n) is 3.72. The van der Waals surface area contributed by atoms with Crippen LogP contribution in [-0.4, -0.2) is 46.6 Å². The van der Waals surface area contributed by atoms with E-state index in [-0.39, 0.29) is 12.2 Å². The van der Waals surface area contributed by atoms with Crippen molar-refractivity contribution in [1.29, 1.82) is 0 Å². The maximum Gasteiger partial charge on any atom is 0.259 e. The van der Waals surface area contributed by atoms with Gasteiger partial charge in [-0.05, 0) is 23.6 Å². The molecule has 0 aliphatic heterocycles. The molecule has 7 heteroatoms. The van der Waals surface area contributed by atoms with E-state index in [1.165, 1.54) is 0 Å². The molecule has 2 heterocycles. The number of fused-ring (bicyclic) bond motifs is 1. The van der Waals surface area contributed by atoms with E-state index in [2.05, 4.69) is 9.97 Å². The second-order valence-corrected chi connectivity index (χ2v) is 5.25. The molecular weight excluding hydrogens is 310 g/mol. The van der Waals surface area contributed by atoms with Crippen molar-refractivity contribution in [2.45, 2.75) is 6.54 Å². The Balaban J connectivity index is 1.94. The Morgan fingerprint density at radius 1 is 1.29 bits per heavy atom. The monoisotopic (exact) mass is 329 g/mol. The highest BCUT2D eigenvalue weighted by molar-refractivity contribution is 5.83. The van der Waals surface area contributed by atoms with Crippen LogP contribution in [-0.2, 0) is 11.3 Å². The molecule has 0 unspecified atom stereocenters. The summed E-state index contributed by atoms with van der Waals surface area (Å²) in [5, 5.41) is 9.63. The van der Waals surface area contributed by atoms with Crippen molar-refractivity contribution >= 4 is 10.9 Å². The zero-order chi connectivity index (χ0) is 16.9. The number of aliphatic hydroxyl groups is 1. The summed E-state index contributed by atoms with van der Waals surface area (Å²) in [4.78, 5) is 19.6. The number of imidazole rings is 1. The number of aromatic amines is 1. The normalized spacial score (nSPS) is 11.1. The molecule has 0 bridgehead atoms. The summed E-state index contributed by atoms with van der Waals surface area (Å²) in [6.45, 7) is 1.27. The number of methoxy groups -OCH3 is 1. The lowest BCUT2D eigenvalue weighted by molar-refractivity contribution is 0.0872. The van der Waals surface area contributed by atoms with E-state index >= 15 is 0 Å². The summed E-state index contributed by atoms with van der Waals surface area (Å²) in [5.41, 5.74) is 1.01. The van der Waals surface area contributed by atoms with E-state index in [0.717, 1.165) is 5.39 Å². The Bertz CT molecular complexity index is 885. The molecule has 0 fully saturated rings. The van der Waals surface area contributed by atoms with Gasteiger partial charge in [-0.3, -0.25) is 4.79 Å². The van der Waals surface area contributed by atoms with Crippen LogP contribution in [0.2, 0.25) is 0 Å². The molecule has 0 amide bonds. The molecule has 0 saturated carbocycles. The predicted molar refractivity (Wildman–Crippen MR) is 90.2 cm³/mol. The molecule has 0 saturated heterocycles. The smallest absolute Gasteiger partial charge is 0.259 e. The molecule has 1 aromatic carbocycles. The number of ether oxygens (including phenoxy) is 2. The average molecular weight is 329 g/mol. The molecule has 0 spiro atoms. The van der Waals surface area contributed by atoms with Crippen molar-refractivity contribution in [3.63, 3.8) is 0 Å². The number of hydrogen-bond donors (Lipinski definition) is 2. The van der Waals surface area contributed by atoms with Crippen LogP contribution >= 0.6 is 0 Å². The summed E-state index contributed by atoms with van der Waals surface area (Å²) in [6, 6.07) is 7.35. The lowest BCUT2D eigenvalue weighted by Gasteiger charge is -2.09. The van der Waals surface area contributed by atoms with Crippen molar-refractivity contribution in [2.24, 2.45) is 0 Å². The minimum Gasteiger partial charge on any atom is -0.497 e. The van der Waals surface area contributed by atoms with Gasteiger partial charge in [-0.1, -0.05) is 0 Å². The zero-order valence-electron chi connectivity index (χ0n) is 13.4. The number of nitrogens with zero attached hydrogens (tertiary/aromatic N) is 2. The summed E-state index contributed by atoms with van der Waals surface area (Å²) in [6.07, 6.45) is 3.45. The number of rotatable bonds is 7. The van der Waals surface area contributed by atoms with Gasteiger partial charge >= 0.3 is 0 Å². The van der Waals surface area contributed by atoms with Crippen LogP contribution in [0.25, 0.3) is 22.3 Å². The van der Waals surface area contributed by atoms with Crippen molar-refractivity contribution < 1.29 is 14.6 Å². The van der Waals surface area contributed by atoms with E-state index in [9.17, 15) is 4.79 Å². The number of benzene rings is 1. The minimum atomic E-state index is -0.209. The van der Waals surface area contributed by atoms with Crippen LogP contribution in [0.5, 0.6) is 5.75 Å². The fourth-order valence-corrected chi connectivity index (χ4v) is 2.54. The number of hydrogen-bond acceptors (Lipinski definition) is 5. The van der Waals surface area contributed by atoms with E-state index < -0.39 is 0 Å². The molecule has 2 N–H and O–H groups in total.